The normalized spacial score (nSPS) is 22.1. The van der Waals surface area contributed by atoms with Crippen molar-refractivity contribution in [3.8, 4) is 0 Å². The number of piperazine rings is 1. The minimum atomic E-state index is -0.173. The second-order valence-corrected chi connectivity index (χ2v) is 6.31. The van der Waals surface area contributed by atoms with E-state index < -0.39 is 0 Å². The Morgan fingerprint density at radius 3 is 2.61 bits per heavy atom. The predicted molar refractivity (Wildman–Crippen MR) is 92.1 cm³/mol. The van der Waals surface area contributed by atoms with E-state index in [2.05, 4.69) is 39.6 Å². The van der Waals surface area contributed by atoms with Crippen LogP contribution in [0.15, 0.2) is 24.3 Å². The molecule has 0 bridgehead atoms. The zero-order valence-corrected chi connectivity index (χ0v) is 13.8. The van der Waals surface area contributed by atoms with Crippen molar-refractivity contribution in [2.75, 3.05) is 56.6 Å². The summed E-state index contributed by atoms with van der Waals surface area (Å²) < 4.78 is 5.49. The van der Waals surface area contributed by atoms with Gasteiger partial charge in [-0.25, -0.2) is 4.79 Å². The van der Waals surface area contributed by atoms with Gasteiger partial charge in [0.1, 0.15) is 0 Å². The lowest BCUT2D eigenvalue weighted by molar-refractivity contribution is 0.112. The molecule has 1 unspecified atom stereocenters. The highest BCUT2D eigenvalue weighted by Crippen LogP contribution is 2.19. The smallest absolute Gasteiger partial charge is 0.319 e. The summed E-state index contributed by atoms with van der Waals surface area (Å²) in [5.74, 6) is 0. The minimum absolute atomic E-state index is 0.167. The monoisotopic (exact) mass is 318 g/mol. The number of ether oxygens (including phenoxy) is 1. The van der Waals surface area contributed by atoms with Gasteiger partial charge in [-0.15, -0.1) is 0 Å². The first-order valence-corrected chi connectivity index (χ1v) is 8.41. The van der Waals surface area contributed by atoms with Crippen molar-refractivity contribution in [3.63, 3.8) is 0 Å². The second kappa shape index (κ2) is 7.66. The first kappa shape index (κ1) is 16.1. The van der Waals surface area contributed by atoms with Crippen LogP contribution < -0.4 is 15.5 Å². The van der Waals surface area contributed by atoms with Crippen molar-refractivity contribution in [1.82, 2.24) is 10.2 Å². The maximum absolute atomic E-state index is 11.9. The summed E-state index contributed by atoms with van der Waals surface area (Å²) in [6.07, 6.45) is 2.28. The van der Waals surface area contributed by atoms with Crippen molar-refractivity contribution in [1.29, 1.82) is 0 Å². The molecule has 0 saturated carbocycles. The summed E-state index contributed by atoms with van der Waals surface area (Å²) in [5, 5.41) is 5.74. The van der Waals surface area contributed by atoms with Crippen molar-refractivity contribution in [2.45, 2.75) is 18.9 Å². The number of carbonyl (C=O) groups is 1. The molecule has 1 aromatic rings. The van der Waals surface area contributed by atoms with Crippen molar-refractivity contribution >= 4 is 17.4 Å². The lowest BCUT2D eigenvalue weighted by Crippen LogP contribution is -2.44. The van der Waals surface area contributed by atoms with Crippen molar-refractivity contribution in [3.05, 3.63) is 24.3 Å². The van der Waals surface area contributed by atoms with E-state index in [9.17, 15) is 4.79 Å². The molecule has 2 amide bonds. The predicted octanol–water partition coefficient (Wildman–Crippen LogP) is 1.74. The molecule has 23 heavy (non-hydrogen) atoms. The van der Waals surface area contributed by atoms with Crippen LogP contribution in [0.4, 0.5) is 16.2 Å². The van der Waals surface area contributed by atoms with Crippen LogP contribution in [-0.2, 0) is 4.74 Å². The zero-order valence-electron chi connectivity index (χ0n) is 13.8. The van der Waals surface area contributed by atoms with Gasteiger partial charge in [-0.1, -0.05) is 0 Å². The molecule has 0 radical (unpaired) electrons. The summed E-state index contributed by atoms with van der Waals surface area (Å²) in [4.78, 5) is 16.6. The molecule has 0 spiro atoms. The van der Waals surface area contributed by atoms with E-state index >= 15 is 0 Å². The summed E-state index contributed by atoms with van der Waals surface area (Å²) >= 11 is 0. The Balaban J connectivity index is 1.46. The Morgan fingerprint density at radius 2 is 1.96 bits per heavy atom. The van der Waals surface area contributed by atoms with Crippen LogP contribution in [0.2, 0.25) is 0 Å². The van der Waals surface area contributed by atoms with E-state index in [4.69, 9.17) is 4.74 Å². The van der Waals surface area contributed by atoms with Crippen LogP contribution in [-0.4, -0.2) is 63.4 Å². The maximum Gasteiger partial charge on any atom is 0.319 e. The number of hydrogen-bond acceptors (Lipinski definition) is 4. The van der Waals surface area contributed by atoms with Crippen LogP contribution in [0.1, 0.15) is 12.8 Å². The summed E-state index contributed by atoms with van der Waals surface area (Å²) in [6, 6.07) is 7.88. The fourth-order valence-corrected chi connectivity index (χ4v) is 3.01. The van der Waals surface area contributed by atoms with Gasteiger partial charge in [0.05, 0.1) is 6.10 Å². The van der Waals surface area contributed by atoms with E-state index in [1.165, 1.54) is 5.69 Å². The fraction of sp³-hybridized carbons (Fsp3) is 0.588. The van der Waals surface area contributed by atoms with Gasteiger partial charge in [-0.05, 0) is 44.2 Å². The minimum Gasteiger partial charge on any atom is -0.376 e. The van der Waals surface area contributed by atoms with E-state index in [0.717, 1.165) is 51.3 Å². The lowest BCUT2D eigenvalue weighted by atomic mass is 10.2. The highest BCUT2D eigenvalue weighted by Gasteiger charge is 2.16. The van der Waals surface area contributed by atoms with Gasteiger partial charge >= 0.3 is 6.03 Å². The van der Waals surface area contributed by atoms with Crippen LogP contribution in [0.3, 0.4) is 0 Å². The number of urea groups is 1. The largest absolute Gasteiger partial charge is 0.376 e. The van der Waals surface area contributed by atoms with E-state index in [-0.39, 0.29) is 12.1 Å². The van der Waals surface area contributed by atoms with Crippen molar-refractivity contribution in [2.24, 2.45) is 0 Å². The Hall–Kier alpha value is -1.79. The number of hydrogen-bond donors (Lipinski definition) is 2. The maximum atomic E-state index is 11.9. The number of benzene rings is 1. The van der Waals surface area contributed by atoms with Gasteiger partial charge in [0.2, 0.25) is 0 Å². The van der Waals surface area contributed by atoms with Gasteiger partial charge in [0.15, 0.2) is 0 Å². The molecule has 126 valence electrons. The fourth-order valence-electron chi connectivity index (χ4n) is 3.01. The summed E-state index contributed by atoms with van der Waals surface area (Å²) in [7, 11) is 2.15. The molecule has 6 heteroatoms. The van der Waals surface area contributed by atoms with Crippen molar-refractivity contribution < 1.29 is 9.53 Å². The lowest BCUT2D eigenvalue weighted by Gasteiger charge is -2.34. The molecule has 2 aliphatic rings. The quantitative estimate of drug-likeness (QED) is 0.888. The first-order valence-electron chi connectivity index (χ1n) is 8.41. The zero-order chi connectivity index (χ0) is 16.1. The molecule has 2 saturated heterocycles. The first-order chi connectivity index (χ1) is 11.2. The van der Waals surface area contributed by atoms with E-state index in [1.807, 2.05) is 12.1 Å². The molecule has 2 heterocycles. The van der Waals surface area contributed by atoms with E-state index in [1.54, 1.807) is 0 Å². The third-order valence-electron chi connectivity index (χ3n) is 4.51. The third-order valence-corrected chi connectivity index (χ3v) is 4.51. The molecule has 1 aromatic carbocycles. The topological polar surface area (TPSA) is 56.8 Å². The molecule has 0 aliphatic carbocycles. The highest BCUT2D eigenvalue weighted by molar-refractivity contribution is 5.89. The standard InChI is InChI=1S/C17H26N4O2/c1-20-8-10-21(11-9-20)15-6-4-14(5-7-15)19-17(22)18-13-16-3-2-12-23-16/h4-7,16H,2-3,8-13H2,1H3,(H2,18,19,22). The van der Waals surface area contributed by atoms with Gasteiger partial charge in [-0.2, -0.15) is 0 Å². The number of nitrogens with zero attached hydrogens (tertiary/aromatic N) is 2. The molecule has 1 atom stereocenters. The summed E-state index contributed by atoms with van der Waals surface area (Å²) in [6.45, 7) is 5.65. The molecular formula is C17H26N4O2. The number of rotatable bonds is 4. The number of anilines is 2. The number of amides is 2. The Morgan fingerprint density at radius 1 is 1.22 bits per heavy atom. The van der Waals surface area contributed by atoms with Crippen LogP contribution in [0.25, 0.3) is 0 Å². The third kappa shape index (κ3) is 4.59. The second-order valence-electron chi connectivity index (χ2n) is 6.31. The number of nitrogens with one attached hydrogen (secondary N) is 2. The molecular weight excluding hydrogens is 292 g/mol. The molecule has 2 fully saturated rings. The molecule has 2 N–H and O–H groups in total. The van der Waals surface area contributed by atoms with Gasteiger partial charge < -0.3 is 25.2 Å². The Labute approximate surface area is 137 Å². The molecule has 3 rings (SSSR count). The molecule has 0 aromatic heterocycles. The Bertz CT molecular complexity index is 506. The highest BCUT2D eigenvalue weighted by atomic mass is 16.5. The molecule has 6 nitrogen and oxygen atoms in total. The van der Waals surface area contributed by atoms with E-state index in [0.29, 0.717) is 6.54 Å². The molecule has 2 aliphatic heterocycles. The average molecular weight is 318 g/mol. The summed E-state index contributed by atoms with van der Waals surface area (Å²) in [5.41, 5.74) is 2.02. The van der Waals surface area contributed by atoms with Gasteiger partial charge in [0, 0.05) is 50.7 Å². The van der Waals surface area contributed by atoms with Crippen LogP contribution in [0, 0.1) is 0 Å². The van der Waals surface area contributed by atoms with Gasteiger partial charge in [0.25, 0.3) is 0 Å². The number of likely N-dealkylation sites (N-methyl/N-ethyl adjacent to an activating group) is 1. The average Bonchev–Trinajstić information content (AvgIpc) is 3.08. The SMILES string of the molecule is CN1CCN(c2ccc(NC(=O)NCC3CCCO3)cc2)CC1. The van der Waals surface area contributed by atoms with Crippen LogP contribution in [0.5, 0.6) is 0 Å². The van der Waals surface area contributed by atoms with Crippen LogP contribution >= 0.6 is 0 Å². The Kier molecular flexibility index (Phi) is 5.35. The number of carbonyl (C=O) groups excluding carboxylic acids is 1. The van der Waals surface area contributed by atoms with Gasteiger partial charge in [-0.3, -0.25) is 0 Å².